The summed E-state index contributed by atoms with van der Waals surface area (Å²) >= 11 is 1.57. The van der Waals surface area contributed by atoms with Crippen LogP contribution in [0.3, 0.4) is 0 Å². The molecular formula is C30H47NO3S2. The maximum atomic E-state index is 12.4. The minimum atomic E-state index is -3.32. The van der Waals surface area contributed by atoms with Crippen LogP contribution < -0.4 is 4.72 Å². The van der Waals surface area contributed by atoms with E-state index in [9.17, 15) is 13.5 Å². The molecule has 0 bridgehead atoms. The van der Waals surface area contributed by atoms with Crippen molar-refractivity contribution in [3.63, 3.8) is 0 Å². The molecule has 0 heterocycles. The van der Waals surface area contributed by atoms with Gasteiger partial charge in [0.2, 0.25) is 10.0 Å². The molecule has 0 saturated carbocycles. The van der Waals surface area contributed by atoms with Crippen LogP contribution in [-0.4, -0.2) is 19.3 Å². The van der Waals surface area contributed by atoms with Gasteiger partial charge in [-0.3, -0.25) is 4.72 Å². The van der Waals surface area contributed by atoms with E-state index in [1.807, 2.05) is 24.3 Å². The second kappa shape index (κ2) is 18.6. The average molecular weight is 534 g/mol. The highest BCUT2D eigenvalue weighted by Crippen LogP contribution is 2.29. The molecule has 0 unspecified atom stereocenters. The molecule has 0 spiro atoms. The second-order valence-electron chi connectivity index (χ2n) is 9.84. The van der Waals surface area contributed by atoms with Crippen molar-refractivity contribution in [3.8, 4) is 5.75 Å². The van der Waals surface area contributed by atoms with Gasteiger partial charge >= 0.3 is 0 Å². The number of rotatable bonds is 21. The minimum absolute atomic E-state index is 0.176. The van der Waals surface area contributed by atoms with E-state index in [-0.39, 0.29) is 11.5 Å². The number of aromatic hydroxyl groups is 1. The van der Waals surface area contributed by atoms with E-state index >= 15 is 0 Å². The summed E-state index contributed by atoms with van der Waals surface area (Å²) < 4.78 is 27.5. The molecule has 0 fully saturated rings. The average Bonchev–Trinajstić information content (AvgIpc) is 2.86. The molecule has 0 aromatic heterocycles. The molecule has 36 heavy (non-hydrogen) atoms. The molecule has 6 heteroatoms. The molecule has 2 N–H and O–H groups in total. The summed E-state index contributed by atoms with van der Waals surface area (Å²) in [5.74, 6) is 0.420. The molecule has 0 aliphatic carbocycles. The molecular weight excluding hydrogens is 486 g/mol. The van der Waals surface area contributed by atoms with Crippen LogP contribution in [0.25, 0.3) is 0 Å². The van der Waals surface area contributed by atoms with Gasteiger partial charge in [-0.25, -0.2) is 8.42 Å². The first-order valence-corrected chi connectivity index (χ1v) is 16.5. The van der Waals surface area contributed by atoms with Crippen molar-refractivity contribution in [3.05, 3.63) is 48.5 Å². The van der Waals surface area contributed by atoms with Crippen molar-refractivity contribution in [2.45, 2.75) is 119 Å². The Morgan fingerprint density at radius 1 is 0.611 bits per heavy atom. The van der Waals surface area contributed by atoms with Crippen LogP contribution in [0, 0.1) is 0 Å². The third-order valence-electron chi connectivity index (χ3n) is 6.47. The third kappa shape index (κ3) is 14.8. The molecule has 0 aliphatic heterocycles. The van der Waals surface area contributed by atoms with Crippen LogP contribution in [0.1, 0.15) is 110 Å². The third-order valence-corrected chi connectivity index (χ3v) is 8.86. The van der Waals surface area contributed by atoms with Gasteiger partial charge < -0.3 is 5.11 Å². The van der Waals surface area contributed by atoms with E-state index in [1.54, 1.807) is 36.0 Å². The lowest BCUT2D eigenvalue weighted by atomic mass is 10.0. The second-order valence-corrected chi connectivity index (χ2v) is 12.8. The highest BCUT2D eigenvalue weighted by atomic mass is 32.2. The number of nitrogens with one attached hydrogen (secondary N) is 1. The monoisotopic (exact) mass is 533 g/mol. The molecule has 2 rings (SSSR count). The summed E-state index contributed by atoms with van der Waals surface area (Å²) in [6.07, 6.45) is 20.5. The Hall–Kier alpha value is -1.66. The van der Waals surface area contributed by atoms with Crippen LogP contribution in [0.2, 0.25) is 0 Å². The zero-order chi connectivity index (χ0) is 25.9. The minimum Gasteiger partial charge on any atom is -0.508 e. The summed E-state index contributed by atoms with van der Waals surface area (Å²) in [5, 5.41) is 9.38. The van der Waals surface area contributed by atoms with Crippen molar-refractivity contribution in [2.75, 3.05) is 10.5 Å². The van der Waals surface area contributed by atoms with Gasteiger partial charge in [0.1, 0.15) is 5.75 Å². The number of phenols is 1. The van der Waals surface area contributed by atoms with Crippen LogP contribution >= 0.6 is 11.8 Å². The maximum Gasteiger partial charge on any atom is 0.232 e. The van der Waals surface area contributed by atoms with Crippen molar-refractivity contribution in [2.24, 2.45) is 0 Å². The van der Waals surface area contributed by atoms with Gasteiger partial charge in [-0.05, 0) is 55.0 Å². The quantitative estimate of drug-likeness (QED) is 0.157. The number of benzene rings is 2. The van der Waals surface area contributed by atoms with Crippen LogP contribution in [0.5, 0.6) is 5.75 Å². The summed E-state index contributed by atoms with van der Waals surface area (Å²) in [6, 6.07) is 14.4. The fraction of sp³-hybridized carbons (Fsp3) is 0.600. The van der Waals surface area contributed by atoms with Crippen LogP contribution in [-0.2, 0) is 10.0 Å². The predicted octanol–water partition coefficient (Wildman–Crippen LogP) is 9.55. The number of unbranched alkanes of at least 4 members (excludes halogenated alkanes) is 15. The van der Waals surface area contributed by atoms with Gasteiger partial charge in [0, 0.05) is 15.5 Å². The number of hydrogen-bond acceptors (Lipinski definition) is 4. The topological polar surface area (TPSA) is 66.4 Å². The molecule has 0 aliphatic rings. The molecule has 202 valence electrons. The van der Waals surface area contributed by atoms with Gasteiger partial charge in [-0.2, -0.15) is 0 Å². The van der Waals surface area contributed by atoms with Crippen LogP contribution in [0.4, 0.5) is 5.69 Å². The summed E-state index contributed by atoms with van der Waals surface area (Å²) in [5.41, 5.74) is 0.599. The Labute approximate surface area is 224 Å². The van der Waals surface area contributed by atoms with Crippen molar-refractivity contribution < 1.29 is 13.5 Å². The van der Waals surface area contributed by atoms with E-state index in [0.29, 0.717) is 12.1 Å². The van der Waals surface area contributed by atoms with E-state index in [1.165, 1.54) is 83.5 Å². The summed E-state index contributed by atoms with van der Waals surface area (Å²) in [4.78, 5) is 2.03. The number of anilines is 1. The van der Waals surface area contributed by atoms with Crippen LogP contribution in [0.15, 0.2) is 58.3 Å². The molecule has 2 aromatic rings. The SMILES string of the molecule is CCCCCCCCCCCCCCCCCCS(=O)(=O)Nc1ccc(Sc2ccc(O)cc2)cc1. The van der Waals surface area contributed by atoms with Gasteiger partial charge in [0.05, 0.1) is 5.75 Å². The predicted molar refractivity (Wildman–Crippen MR) is 156 cm³/mol. The zero-order valence-electron chi connectivity index (χ0n) is 22.2. The fourth-order valence-corrected chi connectivity index (χ4v) is 6.31. The largest absolute Gasteiger partial charge is 0.508 e. The van der Waals surface area contributed by atoms with Gasteiger partial charge in [-0.15, -0.1) is 0 Å². The Balaban J connectivity index is 1.46. The van der Waals surface area contributed by atoms with E-state index in [4.69, 9.17) is 0 Å². The lowest BCUT2D eigenvalue weighted by Crippen LogP contribution is -2.16. The first-order valence-electron chi connectivity index (χ1n) is 14.1. The highest BCUT2D eigenvalue weighted by molar-refractivity contribution is 7.99. The normalized spacial score (nSPS) is 11.6. The zero-order valence-corrected chi connectivity index (χ0v) is 23.9. The van der Waals surface area contributed by atoms with Gasteiger partial charge in [-0.1, -0.05) is 115 Å². The number of hydrogen-bond donors (Lipinski definition) is 2. The Kier molecular flexibility index (Phi) is 15.8. The van der Waals surface area contributed by atoms with E-state index in [2.05, 4.69) is 11.6 Å². The first-order chi connectivity index (χ1) is 17.5. The van der Waals surface area contributed by atoms with Crippen molar-refractivity contribution >= 4 is 27.5 Å². The maximum absolute atomic E-state index is 12.4. The molecule has 0 atom stereocenters. The first kappa shape index (κ1) is 30.6. The van der Waals surface area contributed by atoms with Gasteiger partial charge in [0.15, 0.2) is 0 Å². The lowest BCUT2D eigenvalue weighted by Gasteiger charge is -2.09. The van der Waals surface area contributed by atoms with Crippen molar-refractivity contribution in [1.29, 1.82) is 0 Å². The Morgan fingerprint density at radius 2 is 1.00 bits per heavy atom. The molecule has 0 saturated heterocycles. The standard InChI is InChI=1S/C30H47NO3S2/c1-2-3-4-5-6-7-8-9-10-11-12-13-14-15-16-17-26-36(33,34)31-27-18-22-29(23-19-27)35-30-24-20-28(32)21-25-30/h18-25,31-32H,2-17,26H2,1H3. The van der Waals surface area contributed by atoms with E-state index < -0.39 is 10.0 Å². The summed E-state index contributed by atoms with van der Waals surface area (Å²) in [6.45, 7) is 2.27. The summed E-state index contributed by atoms with van der Waals surface area (Å²) in [7, 11) is -3.32. The number of sulfonamides is 1. The molecule has 0 radical (unpaired) electrons. The molecule has 2 aromatic carbocycles. The highest BCUT2D eigenvalue weighted by Gasteiger charge is 2.10. The fourth-order valence-electron chi connectivity index (χ4n) is 4.31. The van der Waals surface area contributed by atoms with E-state index in [0.717, 1.165) is 22.6 Å². The molecule has 4 nitrogen and oxygen atoms in total. The van der Waals surface area contributed by atoms with Crippen molar-refractivity contribution in [1.82, 2.24) is 0 Å². The Bertz CT molecular complexity index is 912. The molecule has 0 amide bonds. The smallest absolute Gasteiger partial charge is 0.232 e. The lowest BCUT2D eigenvalue weighted by molar-refractivity contribution is 0.475. The van der Waals surface area contributed by atoms with Gasteiger partial charge in [0.25, 0.3) is 0 Å². The number of phenolic OH excluding ortho intramolecular Hbond substituents is 1. The Morgan fingerprint density at radius 3 is 1.44 bits per heavy atom.